The van der Waals surface area contributed by atoms with Gasteiger partial charge < -0.3 is 5.11 Å². The van der Waals surface area contributed by atoms with E-state index in [0.29, 0.717) is 5.52 Å². The summed E-state index contributed by atoms with van der Waals surface area (Å²) >= 11 is 0. The van der Waals surface area contributed by atoms with Gasteiger partial charge in [0.15, 0.2) is 0 Å². The van der Waals surface area contributed by atoms with Gasteiger partial charge in [0.2, 0.25) is 0 Å². The van der Waals surface area contributed by atoms with Crippen molar-refractivity contribution in [1.29, 1.82) is 0 Å². The lowest BCUT2D eigenvalue weighted by atomic mass is 10.1. The summed E-state index contributed by atoms with van der Waals surface area (Å²) in [6.07, 6.45) is 1.21. The van der Waals surface area contributed by atoms with Crippen molar-refractivity contribution in [3.8, 4) is 5.69 Å². The highest BCUT2D eigenvalue weighted by Crippen LogP contribution is 2.25. The minimum absolute atomic E-state index is 0.0670. The molecule has 3 rings (SSSR count). The largest absolute Gasteiger partial charge is 0.478 e. The molecule has 0 aliphatic carbocycles. The van der Waals surface area contributed by atoms with E-state index in [1.807, 2.05) is 0 Å². The molecule has 0 unspecified atom stereocenters. The Hall–Kier alpha value is -2.76. The number of hydrogen-bond acceptors (Lipinski definition) is 2. The standard InChI is InChI=1S/C14H8F2N2O2/c15-9-4-2-5-10(16)13(9)18-7-17-11-6-1-3-8(12(11)18)14(19)20/h1-7H,(H,19,20). The number of aromatic nitrogens is 2. The van der Waals surface area contributed by atoms with E-state index in [1.165, 1.54) is 24.5 Å². The van der Waals surface area contributed by atoms with Gasteiger partial charge in [0, 0.05) is 0 Å². The van der Waals surface area contributed by atoms with Gasteiger partial charge in [-0.1, -0.05) is 12.1 Å². The Morgan fingerprint density at radius 3 is 2.40 bits per heavy atom. The van der Waals surface area contributed by atoms with Crippen LogP contribution in [0.3, 0.4) is 0 Å². The summed E-state index contributed by atoms with van der Waals surface area (Å²) in [4.78, 5) is 15.2. The molecule has 0 atom stereocenters. The van der Waals surface area contributed by atoms with Gasteiger partial charge in [-0.05, 0) is 24.3 Å². The molecule has 2 aromatic carbocycles. The van der Waals surface area contributed by atoms with E-state index in [4.69, 9.17) is 0 Å². The van der Waals surface area contributed by atoms with E-state index in [9.17, 15) is 18.7 Å². The van der Waals surface area contributed by atoms with Crippen molar-refractivity contribution in [2.45, 2.75) is 0 Å². The summed E-state index contributed by atoms with van der Waals surface area (Å²) in [5.74, 6) is -2.76. The Balaban J connectivity index is 2.41. The Kier molecular flexibility index (Phi) is 2.71. The van der Waals surface area contributed by atoms with Crippen LogP contribution in [-0.4, -0.2) is 20.6 Å². The lowest BCUT2D eigenvalue weighted by Crippen LogP contribution is -2.04. The van der Waals surface area contributed by atoms with Crippen LogP contribution < -0.4 is 0 Å². The molecule has 3 aromatic rings. The van der Waals surface area contributed by atoms with Gasteiger partial charge in [-0.25, -0.2) is 18.6 Å². The SMILES string of the molecule is O=C(O)c1cccc2ncn(-c3c(F)cccc3F)c12. The fourth-order valence-corrected chi connectivity index (χ4v) is 2.13. The number of aromatic carboxylic acids is 1. The number of halogens is 2. The zero-order valence-electron chi connectivity index (χ0n) is 10.0. The smallest absolute Gasteiger partial charge is 0.337 e. The predicted octanol–water partition coefficient (Wildman–Crippen LogP) is 3.00. The van der Waals surface area contributed by atoms with E-state index in [0.717, 1.165) is 16.7 Å². The molecule has 1 aromatic heterocycles. The Morgan fingerprint density at radius 2 is 1.75 bits per heavy atom. The van der Waals surface area contributed by atoms with Gasteiger partial charge in [-0.15, -0.1) is 0 Å². The maximum Gasteiger partial charge on any atom is 0.337 e. The number of hydrogen-bond donors (Lipinski definition) is 1. The number of para-hydroxylation sites is 2. The molecule has 0 aliphatic rings. The third-order valence-corrected chi connectivity index (χ3v) is 2.98. The lowest BCUT2D eigenvalue weighted by molar-refractivity contribution is 0.0698. The first kappa shape index (κ1) is 12.3. The second-order valence-corrected chi connectivity index (χ2v) is 4.16. The molecule has 0 saturated carbocycles. The molecule has 0 spiro atoms. The minimum atomic E-state index is -1.19. The molecule has 4 nitrogen and oxygen atoms in total. The van der Waals surface area contributed by atoms with Gasteiger partial charge in [-0.2, -0.15) is 0 Å². The zero-order valence-corrected chi connectivity index (χ0v) is 10.0. The average Bonchev–Trinajstić information content (AvgIpc) is 2.82. The third kappa shape index (κ3) is 1.73. The summed E-state index contributed by atoms with van der Waals surface area (Å²) in [5, 5.41) is 9.18. The average molecular weight is 274 g/mol. The number of nitrogens with zero attached hydrogens (tertiary/aromatic N) is 2. The summed E-state index contributed by atoms with van der Waals surface area (Å²) in [7, 11) is 0. The van der Waals surface area contributed by atoms with E-state index in [-0.39, 0.29) is 16.8 Å². The van der Waals surface area contributed by atoms with Crippen molar-refractivity contribution in [2.24, 2.45) is 0 Å². The number of imidazole rings is 1. The van der Waals surface area contributed by atoms with Crippen LogP contribution in [0.2, 0.25) is 0 Å². The van der Waals surface area contributed by atoms with Gasteiger partial charge in [0.1, 0.15) is 23.6 Å². The molecule has 0 radical (unpaired) electrons. The summed E-state index contributed by atoms with van der Waals surface area (Å²) in [6, 6.07) is 7.92. The molecule has 0 fully saturated rings. The Labute approximate surface area is 111 Å². The van der Waals surface area contributed by atoms with Crippen molar-refractivity contribution in [3.63, 3.8) is 0 Å². The molecule has 1 heterocycles. The maximum absolute atomic E-state index is 13.8. The van der Waals surface area contributed by atoms with Crippen molar-refractivity contribution in [1.82, 2.24) is 9.55 Å². The predicted molar refractivity (Wildman–Crippen MR) is 67.9 cm³/mol. The van der Waals surface area contributed by atoms with Gasteiger partial charge >= 0.3 is 5.97 Å². The van der Waals surface area contributed by atoms with Crippen LogP contribution in [0.5, 0.6) is 0 Å². The van der Waals surface area contributed by atoms with Crippen LogP contribution in [0.4, 0.5) is 8.78 Å². The molecule has 6 heteroatoms. The maximum atomic E-state index is 13.8. The summed E-state index contributed by atoms with van der Waals surface area (Å²) in [6.45, 7) is 0. The first-order valence-corrected chi connectivity index (χ1v) is 5.73. The molecule has 100 valence electrons. The monoisotopic (exact) mass is 274 g/mol. The van der Waals surface area contributed by atoms with E-state index >= 15 is 0 Å². The molecule has 20 heavy (non-hydrogen) atoms. The second-order valence-electron chi connectivity index (χ2n) is 4.16. The number of carbonyl (C=O) groups is 1. The van der Waals surface area contributed by atoms with Gasteiger partial charge in [0.05, 0.1) is 16.6 Å². The Bertz CT molecular complexity index is 807. The van der Waals surface area contributed by atoms with E-state index < -0.39 is 17.6 Å². The van der Waals surface area contributed by atoms with E-state index in [2.05, 4.69) is 4.98 Å². The van der Waals surface area contributed by atoms with Crippen LogP contribution >= 0.6 is 0 Å². The summed E-state index contributed by atoms with van der Waals surface area (Å²) < 4.78 is 28.8. The van der Waals surface area contributed by atoms with Crippen LogP contribution in [-0.2, 0) is 0 Å². The number of rotatable bonds is 2. The van der Waals surface area contributed by atoms with Gasteiger partial charge in [-0.3, -0.25) is 4.57 Å². The summed E-state index contributed by atoms with van der Waals surface area (Å²) in [5.41, 5.74) is 0.0999. The molecule has 0 saturated heterocycles. The van der Waals surface area contributed by atoms with Crippen molar-refractivity contribution in [2.75, 3.05) is 0 Å². The molecule has 0 amide bonds. The van der Waals surface area contributed by atoms with Crippen LogP contribution in [0, 0.1) is 11.6 Å². The van der Waals surface area contributed by atoms with E-state index in [1.54, 1.807) is 6.07 Å². The first-order valence-electron chi connectivity index (χ1n) is 5.73. The number of carboxylic acid groups (broad SMARTS) is 1. The quantitative estimate of drug-likeness (QED) is 0.781. The highest BCUT2D eigenvalue weighted by Gasteiger charge is 2.18. The molecule has 0 aliphatic heterocycles. The third-order valence-electron chi connectivity index (χ3n) is 2.98. The van der Waals surface area contributed by atoms with Crippen molar-refractivity contribution in [3.05, 3.63) is 59.9 Å². The van der Waals surface area contributed by atoms with Crippen molar-refractivity contribution >= 4 is 17.0 Å². The normalized spacial score (nSPS) is 10.9. The fourth-order valence-electron chi connectivity index (χ4n) is 2.13. The fraction of sp³-hybridized carbons (Fsp3) is 0. The molecule has 1 N–H and O–H groups in total. The highest BCUT2D eigenvalue weighted by molar-refractivity contribution is 6.01. The van der Waals surface area contributed by atoms with Gasteiger partial charge in [0.25, 0.3) is 0 Å². The number of carboxylic acids is 1. The molecule has 0 bridgehead atoms. The second kappa shape index (κ2) is 4.41. The number of benzene rings is 2. The minimum Gasteiger partial charge on any atom is -0.478 e. The number of fused-ring (bicyclic) bond motifs is 1. The lowest BCUT2D eigenvalue weighted by Gasteiger charge is -2.08. The Morgan fingerprint density at radius 1 is 1.10 bits per heavy atom. The topological polar surface area (TPSA) is 55.1 Å². The highest BCUT2D eigenvalue weighted by atomic mass is 19.1. The molecular weight excluding hydrogens is 266 g/mol. The van der Waals surface area contributed by atoms with Crippen molar-refractivity contribution < 1.29 is 18.7 Å². The molecular formula is C14H8F2N2O2. The van der Waals surface area contributed by atoms with Crippen LogP contribution in [0.15, 0.2) is 42.7 Å². The zero-order chi connectivity index (χ0) is 14.3. The van der Waals surface area contributed by atoms with Crippen LogP contribution in [0.1, 0.15) is 10.4 Å². The first-order chi connectivity index (χ1) is 9.59. The van der Waals surface area contributed by atoms with Crippen LogP contribution in [0.25, 0.3) is 16.7 Å².